The van der Waals surface area contributed by atoms with Crippen LogP contribution in [0.3, 0.4) is 0 Å². The van der Waals surface area contributed by atoms with Gasteiger partial charge in [0.2, 0.25) is 0 Å². The summed E-state index contributed by atoms with van der Waals surface area (Å²) in [6.07, 6.45) is 6.34. The summed E-state index contributed by atoms with van der Waals surface area (Å²) in [5, 5.41) is 5.55. The van der Waals surface area contributed by atoms with Crippen LogP contribution < -0.4 is 22.2 Å². The quantitative estimate of drug-likeness (QED) is 0.582. The minimum absolute atomic E-state index is 0.0321. The second-order valence-electron chi connectivity index (χ2n) is 5.90. The number of nitrogens with zero attached hydrogens (tertiary/aromatic N) is 2. The molecule has 1 fully saturated rings. The van der Waals surface area contributed by atoms with Crippen LogP contribution in [0, 0.1) is 5.92 Å². The number of nitrogens with one attached hydrogen (secondary N) is 2. The largest absolute Gasteiger partial charge is 0.397 e. The fraction of sp³-hybridized carbons (Fsp3) is 0.500. The number of hydrazine groups is 1. The summed E-state index contributed by atoms with van der Waals surface area (Å²) in [5.74, 6) is 0.106. The Hall–Kier alpha value is -1.86. The lowest BCUT2D eigenvalue weighted by atomic mass is 9.92. The number of halogens is 1. The van der Waals surface area contributed by atoms with Gasteiger partial charge in [0.15, 0.2) is 0 Å². The third-order valence-corrected chi connectivity index (χ3v) is 4.43. The highest BCUT2D eigenvalue weighted by Crippen LogP contribution is 2.37. The van der Waals surface area contributed by atoms with E-state index >= 15 is 0 Å². The number of aliphatic imine (C=N–C) groups is 1. The number of fused-ring (bicyclic) bond motifs is 1. The third-order valence-electron chi connectivity index (χ3n) is 4.43. The lowest BCUT2D eigenvalue weighted by Crippen LogP contribution is -2.52. The Morgan fingerprint density at radius 3 is 2.86 bits per heavy atom. The highest BCUT2D eigenvalue weighted by atomic mass is 19.1. The fourth-order valence-corrected chi connectivity index (χ4v) is 3.16. The molecule has 2 aliphatic heterocycles. The predicted molar refractivity (Wildman–Crippen MR) is 78.0 cm³/mol. The van der Waals surface area contributed by atoms with Crippen LogP contribution in [0.1, 0.15) is 19.3 Å². The minimum atomic E-state index is -0.359. The first-order valence-electron chi connectivity index (χ1n) is 7.31. The smallest absolute Gasteiger partial charge is 0.142 e. The SMILES string of the molecule is NC1=CCC(C2=C3C(N)=NCN[C@H]3N(C3CC3)N2)C=C1F. The molecule has 2 aliphatic carbocycles. The lowest BCUT2D eigenvalue weighted by Gasteiger charge is -2.28. The summed E-state index contributed by atoms with van der Waals surface area (Å²) >= 11 is 0. The van der Waals surface area contributed by atoms with Gasteiger partial charge in [0.25, 0.3) is 0 Å². The van der Waals surface area contributed by atoms with Gasteiger partial charge in [-0.1, -0.05) is 6.08 Å². The van der Waals surface area contributed by atoms with Crippen LogP contribution in [0.25, 0.3) is 0 Å². The number of nitrogens with two attached hydrogens (primary N) is 2. The van der Waals surface area contributed by atoms with E-state index in [4.69, 9.17) is 11.5 Å². The number of hydrogen-bond donors (Lipinski definition) is 4. The molecule has 2 heterocycles. The summed E-state index contributed by atoms with van der Waals surface area (Å²) in [5.41, 5.74) is 17.2. The molecule has 1 saturated carbocycles. The molecule has 0 aromatic heterocycles. The number of rotatable bonds is 2. The molecule has 0 bridgehead atoms. The maximum atomic E-state index is 13.8. The molecule has 4 aliphatic rings. The van der Waals surface area contributed by atoms with Crippen LogP contribution in [-0.2, 0) is 0 Å². The van der Waals surface area contributed by atoms with Crippen molar-refractivity contribution in [2.24, 2.45) is 22.4 Å². The van der Waals surface area contributed by atoms with E-state index in [2.05, 4.69) is 20.7 Å². The summed E-state index contributed by atoms with van der Waals surface area (Å²) in [4.78, 5) is 4.27. The molecule has 6 N–H and O–H groups in total. The van der Waals surface area contributed by atoms with Crippen molar-refractivity contribution in [3.63, 3.8) is 0 Å². The van der Waals surface area contributed by atoms with Gasteiger partial charge < -0.3 is 16.9 Å². The highest BCUT2D eigenvalue weighted by Gasteiger charge is 2.44. The molecule has 0 saturated heterocycles. The lowest BCUT2D eigenvalue weighted by molar-refractivity contribution is 0.154. The van der Waals surface area contributed by atoms with Gasteiger partial charge in [0.05, 0.1) is 12.4 Å². The first kappa shape index (κ1) is 12.8. The number of hydrogen-bond acceptors (Lipinski definition) is 6. The second-order valence-corrected chi connectivity index (χ2v) is 5.90. The van der Waals surface area contributed by atoms with Gasteiger partial charge in [-0.2, -0.15) is 5.01 Å². The topological polar surface area (TPSA) is 91.7 Å². The molecule has 0 spiro atoms. The van der Waals surface area contributed by atoms with Crippen LogP contribution in [0.15, 0.2) is 39.9 Å². The molecule has 7 heteroatoms. The Morgan fingerprint density at radius 1 is 1.33 bits per heavy atom. The third kappa shape index (κ3) is 2.04. The first-order valence-corrected chi connectivity index (χ1v) is 7.31. The van der Waals surface area contributed by atoms with Crippen LogP contribution in [0.4, 0.5) is 4.39 Å². The average molecular weight is 290 g/mol. The molecule has 112 valence electrons. The van der Waals surface area contributed by atoms with E-state index in [9.17, 15) is 4.39 Å². The van der Waals surface area contributed by atoms with Crippen LogP contribution in [-0.4, -0.2) is 29.7 Å². The van der Waals surface area contributed by atoms with Crippen molar-refractivity contribution < 1.29 is 4.39 Å². The van der Waals surface area contributed by atoms with Crippen molar-refractivity contribution in [2.75, 3.05) is 6.67 Å². The zero-order valence-electron chi connectivity index (χ0n) is 11.6. The van der Waals surface area contributed by atoms with Crippen molar-refractivity contribution in [2.45, 2.75) is 31.5 Å². The summed E-state index contributed by atoms with van der Waals surface area (Å²) < 4.78 is 13.8. The molecular weight excluding hydrogens is 271 g/mol. The van der Waals surface area contributed by atoms with Gasteiger partial charge in [0.1, 0.15) is 17.8 Å². The minimum Gasteiger partial charge on any atom is -0.397 e. The highest BCUT2D eigenvalue weighted by molar-refractivity contribution is 5.99. The van der Waals surface area contributed by atoms with Gasteiger partial charge in [-0.25, -0.2) is 4.39 Å². The van der Waals surface area contributed by atoms with E-state index in [1.807, 2.05) is 0 Å². The van der Waals surface area contributed by atoms with E-state index < -0.39 is 0 Å². The molecule has 1 unspecified atom stereocenters. The van der Waals surface area contributed by atoms with Crippen molar-refractivity contribution in [1.29, 1.82) is 0 Å². The number of amidine groups is 1. The Balaban J connectivity index is 1.70. The van der Waals surface area contributed by atoms with Crippen molar-refractivity contribution in [3.05, 3.63) is 34.9 Å². The average Bonchev–Trinajstić information content (AvgIpc) is 3.23. The molecule has 0 aromatic rings. The molecular formula is C14H19FN6. The predicted octanol–water partition coefficient (Wildman–Crippen LogP) is 0.183. The second kappa shape index (κ2) is 4.57. The molecule has 0 amide bonds. The maximum absolute atomic E-state index is 13.8. The van der Waals surface area contributed by atoms with Crippen LogP contribution >= 0.6 is 0 Å². The fourth-order valence-electron chi connectivity index (χ4n) is 3.16. The molecule has 6 nitrogen and oxygen atoms in total. The summed E-state index contributed by atoms with van der Waals surface area (Å²) in [6.45, 7) is 0.514. The zero-order chi connectivity index (χ0) is 14.6. The van der Waals surface area contributed by atoms with E-state index in [0.29, 0.717) is 25.0 Å². The van der Waals surface area contributed by atoms with Gasteiger partial charge in [-0.15, -0.1) is 0 Å². The molecule has 2 atom stereocenters. The normalized spacial score (nSPS) is 33.1. The molecule has 0 radical (unpaired) electrons. The Labute approximate surface area is 122 Å². The Bertz CT molecular complexity index is 601. The number of allylic oxidation sites excluding steroid dienone is 3. The Morgan fingerprint density at radius 2 is 2.14 bits per heavy atom. The van der Waals surface area contributed by atoms with E-state index in [1.54, 1.807) is 12.2 Å². The van der Waals surface area contributed by atoms with E-state index in [-0.39, 0.29) is 23.6 Å². The van der Waals surface area contributed by atoms with Gasteiger partial charge >= 0.3 is 0 Å². The standard InChI is InChI=1S/C14H19FN6/c15-9-5-7(1-4-10(9)16)12-11-13(17)18-6-19-14(11)21(20-12)8-2-3-8/h4-5,7-8,14,19-20H,1-3,6,16H2,(H2,17,18)/t7?,14-/m0/s1. The van der Waals surface area contributed by atoms with Gasteiger partial charge in [-0.05, 0) is 25.3 Å². The van der Waals surface area contributed by atoms with E-state index in [1.165, 1.54) is 12.8 Å². The summed E-state index contributed by atoms with van der Waals surface area (Å²) in [7, 11) is 0. The molecule has 0 aromatic carbocycles. The monoisotopic (exact) mass is 290 g/mol. The Kier molecular flexibility index (Phi) is 2.80. The molecule has 4 rings (SSSR count). The van der Waals surface area contributed by atoms with Crippen molar-refractivity contribution in [1.82, 2.24) is 15.8 Å². The van der Waals surface area contributed by atoms with Crippen LogP contribution in [0.5, 0.6) is 0 Å². The molecule has 21 heavy (non-hydrogen) atoms. The van der Waals surface area contributed by atoms with Crippen molar-refractivity contribution in [3.8, 4) is 0 Å². The zero-order valence-corrected chi connectivity index (χ0v) is 11.6. The van der Waals surface area contributed by atoms with Gasteiger partial charge in [-0.3, -0.25) is 10.3 Å². The van der Waals surface area contributed by atoms with Crippen LogP contribution in [0.2, 0.25) is 0 Å². The maximum Gasteiger partial charge on any atom is 0.142 e. The summed E-state index contributed by atoms with van der Waals surface area (Å²) in [6, 6.07) is 0.513. The van der Waals surface area contributed by atoms with Crippen molar-refractivity contribution >= 4 is 5.84 Å². The first-order chi connectivity index (χ1) is 10.1. The van der Waals surface area contributed by atoms with E-state index in [0.717, 1.165) is 11.3 Å². The van der Waals surface area contributed by atoms with Gasteiger partial charge in [0, 0.05) is 23.2 Å².